The molecule has 1 N–H and O–H groups in total. The van der Waals surface area contributed by atoms with E-state index < -0.39 is 0 Å². The number of thiazole rings is 1. The van der Waals surface area contributed by atoms with Crippen molar-refractivity contribution in [2.24, 2.45) is 0 Å². The molecule has 0 amide bonds. The van der Waals surface area contributed by atoms with Crippen molar-refractivity contribution in [1.82, 2.24) is 9.97 Å². The molecule has 0 saturated heterocycles. The molecule has 0 atom stereocenters. The monoisotopic (exact) mass is 297 g/mol. The molecule has 0 aliphatic heterocycles. The minimum Gasteiger partial charge on any atom is -0.481 e. The van der Waals surface area contributed by atoms with E-state index in [1.165, 1.54) is 5.56 Å². The maximum atomic E-state index is 5.04. The third kappa shape index (κ3) is 3.38. The van der Waals surface area contributed by atoms with Crippen molar-refractivity contribution in [2.45, 2.75) is 6.54 Å². The standard InChI is InChI=1S/C16H15N3OS/c1-20-15-8-7-12(9-17-15)10-18-16-19-11-14(21-16)13-5-3-2-4-6-13/h2-9,11H,10H2,1H3,(H,18,19). The summed E-state index contributed by atoms with van der Waals surface area (Å²) < 4.78 is 5.04. The molecule has 4 nitrogen and oxygen atoms in total. The van der Waals surface area contributed by atoms with Gasteiger partial charge in [-0.1, -0.05) is 47.7 Å². The topological polar surface area (TPSA) is 47.0 Å². The minimum absolute atomic E-state index is 0.624. The first-order chi connectivity index (χ1) is 10.3. The molecular formula is C16H15N3OS. The summed E-state index contributed by atoms with van der Waals surface area (Å²) in [5, 5.41) is 4.22. The van der Waals surface area contributed by atoms with Crippen LogP contribution in [0.1, 0.15) is 5.56 Å². The molecule has 3 aromatic rings. The first-order valence-corrected chi connectivity index (χ1v) is 7.41. The van der Waals surface area contributed by atoms with Crippen LogP contribution in [0.4, 0.5) is 5.13 Å². The van der Waals surface area contributed by atoms with E-state index in [0.29, 0.717) is 12.4 Å². The average Bonchev–Trinajstić information content (AvgIpc) is 3.03. The lowest BCUT2D eigenvalue weighted by atomic mass is 10.2. The van der Waals surface area contributed by atoms with Crippen LogP contribution < -0.4 is 10.1 Å². The van der Waals surface area contributed by atoms with E-state index in [1.807, 2.05) is 36.5 Å². The third-order valence-corrected chi connectivity index (χ3v) is 4.02. The highest BCUT2D eigenvalue weighted by molar-refractivity contribution is 7.18. The normalized spacial score (nSPS) is 10.3. The van der Waals surface area contributed by atoms with Crippen molar-refractivity contribution in [3.05, 3.63) is 60.4 Å². The Morgan fingerprint density at radius 2 is 1.90 bits per heavy atom. The van der Waals surface area contributed by atoms with Crippen LogP contribution >= 0.6 is 11.3 Å². The first kappa shape index (κ1) is 13.6. The van der Waals surface area contributed by atoms with Crippen LogP contribution in [-0.2, 0) is 6.54 Å². The molecule has 5 heteroatoms. The Bertz CT molecular complexity index is 695. The van der Waals surface area contributed by atoms with Crippen LogP contribution in [0.5, 0.6) is 5.88 Å². The maximum Gasteiger partial charge on any atom is 0.212 e. The van der Waals surface area contributed by atoms with Crippen LogP contribution in [0.2, 0.25) is 0 Å². The summed E-state index contributed by atoms with van der Waals surface area (Å²) in [5.74, 6) is 0.624. The van der Waals surface area contributed by atoms with Gasteiger partial charge in [-0.15, -0.1) is 0 Å². The molecule has 0 saturated carbocycles. The number of aromatic nitrogens is 2. The number of nitrogens with zero attached hydrogens (tertiary/aromatic N) is 2. The number of anilines is 1. The summed E-state index contributed by atoms with van der Waals surface area (Å²) in [4.78, 5) is 9.74. The number of pyridine rings is 1. The lowest BCUT2D eigenvalue weighted by molar-refractivity contribution is 0.397. The lowest BCUT2D eigenvalue weighted by Crippen LogP contribution is -1.99. The molecule has 0 aliphatic rings. The van der Waals surface area contributed by atoms with Gasteiger partial charge in [0, 0.05) is 25.0 Å². The molecule has 21 heavy (non-hydrogen) atoms. The molecule has 0 aliphatic carbocycles. The molecule has 2 heterocycles. The fraction of sp³-hybridized carbons (Fsp3) is 0.125. The average molecular weight is 297 g/mol. The van der Waals surface area contributed by atoms with Gasteiger partial charge in [0.15, 0.2) is 5.13 Å². The number of ether oxygens (including phenoxy) is 1. The Morgan fingerprint density at radius 3 is 2.62 bits per heavy atom. The molecule has 0 unspecified atom stereocenters. The molecule has 0 radical (unpaired) electrons. The van der Waals surface area contributed by atoms with E-state index in [9.17, 15) is 0 Å². The van der Waals surface area contributed by atoms with Crippen LogP contribution in [0.3, 0.4) is 0 Å². The van der Waals surface area contributed by atoms with E-state index in [4.69, 9.17) is 4.74 Å². The second-order valence-electron chi connectivity index (χ2n) is 4.46. The Balaban J connectivity index is 1.64. The summed E-state index contributed by atoms with van der Waals surface area (Å²) in [6.45, 7) is 0.693. The minimum atomic E-state index is 0.624. The summed E-state index contributed by atoms with van der Waals surface area (Å²) in [7, 11) is 1.61. The number of hydrogen-bond acceptors (Lipinski definition) is 5. The number of nitrogens with one attached hydrogen (secondary N) is 1. The van der Waals surface area contributed by atoms with E-state index in [2.05, 4.69) is 27.4 Å². The van der Waals surface area contributed by atoms with E-state index in [1.54, 1.807) is 24.6 Å². The van der Waals surface area contributed by atoms with Crippen molar-refractivity contribution in [1.29, 1.82) is 0 Å². The highest BCUT2D eigenvalue weighted by atomic mass is 32.1. The van der Waals surface area contributed by atoms with Crippen LogP contribution in [0.25, 0.3) is 10.4 Å². The number of rotatable bonds is 5. The highest BCUT2D eigenvalue weighted by Crippen LogP contribution is 2.28. The second-order valence-corrected chi connectivity index (χ2v) is 5.49. The summed E-state index contributed by atoms with van der Waals surface area (Å²) in [5.41, 5.74) is 2.28. The fourth-order valence-corrected chi connectivity index (χ4v) is 2.72. The smallest absolute Gasteiger partial charge is 0.212 e. The van der Waals surface area contributed by atoms with E-state index in [0.717, 1.165) is 15.6 Å². The molecule has 0 bridgehead atoms. The van der Waals surface area contributed by atoms with Crippen molar-refractivity contribution < 1.29 is 4.74 Å². The third-order valence-electron chi connectivity index (χ3n) is 3.01. The van der Waals surface area contributed by atoms with Gasteiger partial charge in [-0.25, -0.2) is 9.97 Å². The maximum absolute atomic E-state index is 5.04. The van der Waals surface area contributed by atoms with Crippen molar-refractivity contribution in [3.63, 3.8) is 0 Å². The summed E-state index contributed by atoms with van der Waals surface area (Å²) >= 11 is 1.65. The molecular weight excluding hydrogens is 282 g/mol. The molecule has 2 aromatic heterocycles. The van der Waals surface area contributed by atoms with Gasteiger partial charge in [0.2, 0.25) is 5.88 Å². The van der Waals surface area contributed by atoms with Crippen LogP contribution in [0, 0.1) is 0 Å². The number of benzene rings is 1. The van der Waals surface area contributed by atoms with Gasteiger partial charge in [0.25, 0.3) is 0 Å². The van der Waals surface area contributed by atoms with Gasteiger partial charge in [-0.2, -0.15) is 0 Å². The van der Waals surface area contributed by atoms with Gasteiger partial charge >= 0.3 is 0 Å². The quantitative estimate of drug-likeness (QED) is 0.777. The molecule has 3 rings (SSSR count). The highest BCUT2D eigenvalue weighted by Gasteiger charge is 2.04. The Hall–Kier alpha value is -2.40. The van der Waals surface area contributed by atoms with Gasteiger partial charge < -0.3 is 10.1 Å². The fourth-order valence-electron chi connectivity index (χ4n) is 1.91. The zero-order valence-electron chi connectivity index (χ0n) is 11.6. The summed E-state index contributed by atoms with van der Waals surface area (Å²) in [6, 6.07) is 14.1. The van der Waals surface area contributed by atoms with E-state index in [-0.39, 0.29) is 0 Å². The first-order valence-electron chi connectivity index (χ1n) is 6.59. The summed E-state index contributed by atoms with van der Waals surface area (Å²) in [6.07, 6.45) is 3.70. The molecule has 106 valence electrons. The molecule has 1 aromatic carbocycles. The lowest BCUT2D eigenvalue weighted by Gasteiger charge is -2.03. The van der Waals surface area contributed by atoms with Crippen LogP contribution in [-0.4, -0.2) is 17.1 Å². The van der Waals surface area contributed by atoms with Gasteiger partial charge in [0.05, 0.1) is 12.0 Å². The second kappa shape index (κ2) is 6.37. The SMILES string of the molecule is COc1ccc(CNc2ncc(-c3ccccc3)s2)cn1. The largest absolute Gasteiger partial charge is 0.481 e. The van der Waals surface area contributed by atoms with Gasteiger partial charge in [-0.05, 0) is 11.1 Å². The Kier molecular flexibility index (Phi) is 4.12. The van der Waals surface area contributed by atoms with Gasteiger partial charge in [0.1, 0.15) is 0 Å². The van der Waals surface area contributed by atoms with Crippen molar-refractivity contribution >= 4 is 16.5 Å². The Morgan fingerprint density at radius 1 is 1.05 bits per heavy atom. The molecule has 0 fully saturated rings. The predicted molar refractivity (Wildman–Crippen MR) is 85.7 cm³/mol. The predicted octanol–water partition coefficient (Wildman–Crippen LogP) is 3.83. The van der Waals surface area contributed by atoms with Crippen LogP contribution in [0.15, 0.2) is 54.9 Å². The van der Waals surface area contributed by atoms with Crippen molar-refractivity contribution in [3.8, 4) is 16.3 Å². The zero-order valence-corrected chi connectivity index (χ0v) is 12.4. The Labute approximate surface area is 127 Å². The number of methoxy groups -OCH3 is 1. The zero-order chi connectivity index (χ0) is 14.5. The van der Waals surface area contributed by atoms with Gasteiger partial charge in [-0.3, -0.25) is 0 Å². The van der Waals surface area contributed by atoms with Crippen molar-refractivity contribution in [2.75, 3.05) is 12.4 Å². The van der Waals surface area contributed by atoms with E-state index >= 15 is 0 Å². The molecule has 0 spiro atoms. The number of hydrogen-bond donors (Lipinski definition) is 1.